The van der Waals surface area contributed by atoms with Gasteiger partial charge in [-0.1, -0.05) is 46.0 Å². The van der Waals surface area contributed by atoms with E-state index in [9.17, 15) is 4.79 Å². The minimum absolute atomic E-state index is 0.172. The molecule has 122 valence electrons. The van der Waals surface area contributed by atoms with Gasteiger partial charge in [0.15, 0.2) is 0 Å². The molecule has 2 fully saturated rings. The van der Waals surface area contributed by atoms with Crippen LogP contribution < -0.4 is 5.73 Å². The lowest BCUT2D eigenvalue weighted by atomic mass is 9.68. The van der Waals surface area contributed by atoms with Crippen LogP contribution in [0.4, 0.5) is 0 Å². The van der Waals surface area contributed by atoms with E-state index in [0.717, 1.165) is 19.4 Å². The highest BCUT2D eigenvalue weighted by atomic mass is 16.2. The summed E-state index contributed by atoms with van der Waals surface area (Å²) in [5.74, 6) is 0.658. The average molecular weight is 294 g/mol. The van der Waals surface area contributed by atoms with Gasteiger partial charge in [-0.15, -0.1) is 0 Å². The van der Waals surface area contributed by atoms with Gasteiger partial charge in [0.05, 0.1) is 0 Å². The average Bonchev–Trinajstić information content (AvgIpc) is 2.48. The molecule has 3 nitrogen and oxygen atoms in total. The van der Waals surface area contributed by atoms with Gasteiger partial charge < -0.3 is 10.6 Å². The maximum Gasteiger partial charge on any atom is 0.226 e. The van der Waals surface area contributed by atoms with Crippen LogP contribution in [0.5, 0.6) is 0 Å². The highest BCUT2D eigenvalue weighted by Gasteiger charge is 2.40. The van der Waals surface area contributed by atoms with Gasteiger partial charge in [-0.3, -0.25) is 4.79 Å². The fraction of sp³-hybridized carbons (Fsp3) is 0.944. The van der Waals surface area contributed by atoms with Crippen molar-refractivity contribution in [2.45, 2.75) is 84.1 Å². The number of hydrogen-bond donors (Lipinski definition) is 1. The van der Waals surface area contributed by atoms with Crippen molar-refractivity contribution in [2.75, 3.05) is 13.1 Å². The molecule has 0 aromatic heterocycles. The standard InChI is InChI=1S/C18H34N2O/c1-18(2)12-7-6-11-16(18)17(21)20(14-8-13-19)15-9-4-3-5-10-15/h15-16H,3-14,19H2,1-2H3. The van der Waals surface area contributed by atoms with E-state index < -0.39 is 0 Å². The van der Waals surface area contributed by atoms with Crippen LogP contribution in [0.15, 0.2) is 0 Å². The third-order valence-corrected chi connectivity index (χ3v) is 5.71. The number of rotatable bonds is 5. The van der Waals surface area contributed by atoms with Crippen LogP contribution in [-0.2, 0) is 4.79 Å². The first-order valence-corrected chi connectivity index (χ1v) is 9.07. The van der Waals surface area contributed by atoms with Gasteiger partial charge in [0, 0.05) is 18.5 Å². The largest absolute Gasteiger partial charge is 0.339 e. The van der Waals surface area contributed by atoms with Gasteiger partial charge in [0.25, 0.3) is 0 Å². The highest BCUT2D eigenvalue weighted by Crippen LogP contribution is 2.42. The summed E-state index contributed by atoms with van der Waals surface area (Å²) in [6.07, 6.45) is 12.0. The fourth-order valence-corrected chi connectivity index (χ4v) is 4.28. The molecule has 2 saturated carbocycles. The number of nitrogens with two attached hydrogens (primary N) is 1. The molecule has 2 aliphatic carbocycles. The molecule has 0 bridgehead atoms. The predicted octanol–water partition coefficient (Wildman–Crippen LogP) is 3.71. The lowest BCUT2D eigenvalue weighted by Gasteiger charge is -2.43. The maximum absolute atomic E-state index is 13.2. The van der Waals surface area contributed by atoms with E-state index in [1.165, 1.54) is 51.4 Å². The van der Waals surface area contributed by atoms with Gasteiger partial charge in [-0.25, -0.2) is 0 Å². The first-order chi connectivity index (χ1) is 10.1. The Labute approximate surface area is 130 Å². The molecule has 21 heavy (non-hydrogen) atoms. The molecule has 0 aromatic rings. The number of nitrogens with zero attached hydrogens (tertiary/aromatic N) is 1. The molecule has 0 aliphatic heterocycles. The third-order valence-electron chi connectivity index (χ3n) is 5.71. The molecular weight excluding hydrogens is 260 g/mol. The first-order valence-electron chi connectivity index (χ1n) is 9.07. The molecule has 0 radical (unpaired) electrons. The van der Waals surface area contributed by atoms with Crippen molar-refractivity contribution in [2.24, 2.45) is 17.1 Å². The summed E-state index contributed by atoms with van der Waals surface area (Å²) in [5, 5.41) is 0. The SMILES string of the molecule is CC1(C)CCCCC1C(=O)N(CCCN)C1CCCCC1. The van der Waals surface area contributed by atoms with Crippen LogP contribution in [0.2, 0.25) is 0 Å². The lowest BCUT2D eigenvalue weighted by Crippen LogP contribution is -2.49. The van der Waals surface area contributed by atoms with Crippen molar-refractivity contribution in [3.63, 3.8) is 0 Å². The molecule has 2 N–H and O–H groups in total. The molecule has 0 spiro atoms. The summed E-state index contributed by atoms with van der Waals surface area (Å²) in [6.45, 7) is 6.13. The summed E-state index contributed by atoms with van der Waals surface area (Å²) < 4.78 is 0. The van der Waals surface area contributed by atoms with Gasteiger partial charge in [-0.05, 0) is 44.1 Å². The lowest BCUT2D eigenvalue weighted by molar-refractivity contribution is -0.144. The third kappa shape index (κ3) is 4.21. The molecule has 0 heterocycles. The van der Waals surface area contributed by atoms with Crippen molar-refractivity contribution in [1.82, 2.24) is 4.90 Å². The molecule has 1 unspecified atom stereocenters. The summed E-state index contributed by atoms with van der Waals surface area (Å²) in [5.41, 5.74) is 5.87. The molecule has 2 aliphatic rings. The van der Waals surface area contributed by atoms with E-state index in [0.29, 0.717) is 18.5 Å². The zero-order valence-electron chi connectivity index (χ0n) is 14.1. The Bertz CT molecular complexity index is 334. The van der Waals surface area contributed by atoms with Crippen LogP contribution in [0, 0.1) is 11.3 Å². The Balaban J connectivity index is 2.08. The summed E-state index contributed by atoms with van der Waals surface area (Å²) in [4.78, 5) is 15.4. The summed E-state index contributed by atoms with van der Waals surface area (Å²) in [7, 11) is 0. The zero-order valence-corrected chi connectivity index (χ0v) is 14.1. The Hall–Kier alpha value is -0.570. The van der Waals surface area contributed by atoms with Crippen LogP contribution >= 0.6 is 0 Å². The van der Waals surface area contributed by atoms with E-state index in [1.54, 1.807) is 0 Å². The normalized spacial score (nSPS) is 26.5. The van der Waals surface area contributed by atoms with E-state index >= 15 is 0 Å². The molecule has 3 heteroatoms. The van der Waals surface area contributed by atoms with E-state index in [2.05, 4.69) is 18.7 Å². The molecule has 1 amide bonds. The zero-order chi connectivity index (χ0) is 15.3. The minimum Gasteiger partial charge on any atom is -0.339 e. The number of amides is 1. The Morgan fingerprint density at radius 3 is 2.38 bits per heavy atom. The summed E-state index contributed by atoms with van der Waals surface area (Å²) in [6, 6.07) is 0.482. The molecule has 0 aromatic carbocycles. The van der Waals surface area contributed by atoms with Gasteiger partial charge in [0.1, 0.15) is 0 Å². The number of carbonyl (C=O) groups is 1. The van der Waals surface area contributed by atoms with Crippen molar-refractivity contribution in [3.8, 4) is 0 Å². The quantitative estimate of drug-likeness (QED) is 0.840. The van der Waals surface area contributed by atoms with Crippen LogP contribution in [0.1, 0.15) is 78.1 Å². The van der Waals surface area contributed by atoms with Crippen molar-refractivity contribution < 1.29 is 4.79 Å². The second-order valence-corrected chi connectivity index (χ2v) is 7.75. The Morgan fingerprint density at radius 2 is 1.76 bits per heavy atom. The number of carbonyl (C=O) groups excluding carboxylic acids is 1. The Morgan fingerprint density at radius 1 is 1.10 bits per heavy atom. The van der Waals surface area contributed by atoms with Gasteiger partial charge in [0.2, 0.25) is 5.91 Å². The smallest absolute Gasteiger partial charge is 0.226 e. The van der Waals surface area contributed by atoms with Crippen LogP contribution in [0.3, 0.4) is 0 Å². The molecular formula is C18H34N2O. The predicted molar refractivity (Wildman–Crippen MR) is 88.0 cm³/mol. The van der Waals surface area contributed by atoms with Gasteiger partial charge in [-0.2, -0.15) is 0 Å². The van der Waals surface area contributed by atoms with Gasteiger partial charge >= 0.3 is 0 Å². The maximum atomic E-state index is 13.2. The minimum atomic E-state index is 0.172. The van der Waals surface area contributed by atoms with Crippen LogP contribution in [-0.4, -0.2) is 29.9 Å². The second kappa shape index (κ2) is 7.62. The van der Waals surface area contributed by atoms with Crippen molar-refractivity contribution in [3.05, 3.63) is 0 Å². The fourth-order valence-electron chi connectivity index (χ4n) is 4.28. The monoisotopic (exact) mass is 294 g/mol. The van der Waals surface area contributed by atoms with Crippen LogP contribution in [0.25, 0.3) is 0 Å². The Kier molecular flexibility index (Phi) is 6.09. The highest BCUT2D eigenvalue weighted by molar-refractivity contribution is 5.80. The van der Waals surface area contributed by atoms with E-state index in [-0.39, 0.29) is 11.3 Å². The van der Waals surface area contributed by atoms with Crippen molar-refractivity contribution in [1.29, 1.82) is 0 Å². The van der Waals surface area contributed by atoms with Crippen molar-refractivity contribution >= 4 is 5.91 Å². The molecule has 2 rings (SSSR count). The first kappa shape index (κ1) is 16.8. The van der Waals surface area contributed by atoms with E-state index in [1.807, 2.05) is 0 Å². The van der Waals surface area contributed by atoms with E-state index in [4.69, 9.17) is 5.73 Å². The molecule has 1 atom stereocenters. The summed E-state index contributed by atoms with van der Waals surface area (Å²) >= 11 is 0. The second-order valence-electron chi connectivity index (χ2n) is 7.75. The topological polar surface area (TPSA) is 46.3 Å². The molecule has 0 saturated heterocycles. The number of hydrogen-bond acceptors (Lipinski definition) is 2.